The highest BCUT2D eigenvalue weighted by molar-refractivity contribution is 5.86. The number of aryl methyl sites for hydroxylation is 1. The molecule has 0 unspecified atom stereocenters. The Morgan fingerprint density at radius 2 is 1.48 bits per heavy atom. The van der Waals surface area contributed by atoms with E-state index in [2.05, 4.69) is 18.2 Å². The van der Waals surface area contributed by atoms with Gasteiger partial charge >= 0.3 is 0 Å². The maximum Gasteiger partial charge on any atom is 0.231 e. The van der Waals surface area contributed by atoms with Crippen LogP contribution in [0.1, 0.15) is 23.1 Å². The monoisotopic (exact) mass is 340 g/mol. The van der Waals surface area contributed by atoms with E-state index in [1.807, 2.05) is 12.1 Å². The maximum atomic E-state index is 5.50. The summed E-state index contributed by atoms with van der Waals surface area (Å²) in [7, 11) is 4.87. The van der Waals surface area contributed by atoms with Gasteiger partial charge in [-0.05, 0) is 59.4 Å². The summed E-state index contributed by atoms with van der Waals surface area (Å²) in [6, 6.07) is 8.12. The van der Waals surface area contributed by atoms with Crippen molar-refractivity contribution >= 4 is 11.6 Å². The predicted octanol–water partition coefficient (Wildman–Crippen LogP) is 3.93. The van der Waals surface area contributed by atoms with Crippen molar-refractivity contribution in [3.63, 3.8) is 0 Å². The van der Waals surface area contributed by atoms with Crippen LogP contribution in [0.2, 0.25) is 0 Å². The first-order valence-corrected chi connectivity index (χ1v) is 8.17. The zero-order valence-corrected chi connectivity index (χ0v) is 14.5. The van der Waals surface area contributed by atoms with E-state index in [4.69, 9.17) is 23.7 Å². The van der Waals surface area contributed by atoms with E-state index in [1.165, 1.54) is 16.7 Å². The van der Waals surface area contributed by atoms with E-state index in [0.29, 0.717) is 24.0 Å². The fraction of sp³-hybridized carbons (Fsp3) is 0.300. The van der Waals surface area contributed by atoms with Crippen LogP contribution in [0.25, 0.3) is 11.6 Å². The molecule has 0 atom stereocenters. The predicted molar refractivity (Wildman–Crippen MR) is 94.9 cm³/mol. The maximum absolute atomic E-state index is 5.50. The van der Waals surface area contributed by atoms with Gasteiger partial charge in [0, 0.05) is 0 Å². The first-order valence-electron chi connectivity index (χ1n) is 8.17. The molecule has 0 saturated carbocycles. The Hall–Kier alpha value is -2.82. The van der Waals surface area contributed by atoms with Crippen LogP contribution in [-0.4, -0.2) is 28.1 Å². The zero-order valence-electron chi connectivity index (χ0n) is 14.5. The lowest BCUT2D eigenvalue weighted by atomic mass is 9.88. The van der Waals surface area contributed by atoms with Crippen LogP contribution < -0.4 is 23.7 Å². The van der Waals surface area contributed by atoms with Crippen LogP contribution in [0, 0.1) is 0 Å². The third kappa shape index (κ3) is 2.65. The fourth-order valence-electron chi connectivity index (χ4n) is 3.37. The second kappa shape index (κ2) is 6.24. The third-order valence-electron chi connectivity index (χ3n) is 4.66. The zero-order chi connectivity index (χ0) is 17.4. The first kappa shape index (κ1) is 15.7. The van der Waals surface area contributed by atoms with Crippen molar-refractivity contribution in [3.8, 4) is 28.7 Å². The lowest BCUT2D eigenvalue weighted by Gasteiger charge is -2.19. The van der Waals surface area contributed by atoms with Gasteiger partial charge in [-0.25, -0.2) is 0 Å². The summed E-state index contributed by atoms with van der Waals surface area (Å²) in [6.45, 7) is 0.293. The van der Waals surface area contributed by atoms with Gasteiger partial charge in [-0.15, -0.1) is 0 Å². The van der Waals surface area contributed by atoms with Gasteiger partial charge in [-0.3, -0.25) is 0 Å². The minimum absolute atomic E-state index is 0.293. The highest BCUT2D eigenvalue weighted by Crippen LogP contribution is 2.43. The summed E-state index contributed by atoms with van der Waals surface area (Å²) < 4.78 is 27.3. The Balaban J connectivity index is 1.78. The van der Waals surface area contributed by atoms with Crippen LogP contribution in [-0.2, 0) is 6.42 Å². The van der Waals surface area contributed by atoms with Crippen LogP contribution in [0.15, 0.2) is 24.3 Å². The number of hydrogen-bond donors (Lipinski definition) is 0. The minimum Gasteiger partial charge on any atom is -0.493 e. The lowest BCUT2D eigenvalue weighted by molar-refractivity contribution is 0.174. The molecule has 130 valence electrons. The fourth-order valence-corrected chi connectivity index (χ4v) is 3.37. The largest absolute Gasteiger partial charge is 0.493 e. The molecule has 4 rings (SSSR count). The van der Waals surface area contributed by atoms with E-state index in [0.717, 1.165) is 29.9 Å². The molecule has 0 saturated heterocycles. The molecule has 0 radical (unpaired) electrons. The molecule has 2 aromatic carbocycles. The number of hydrogen-bond acceptors (Lipinski definition) is 5. The summed E-state index contributed by atoms with van der Waals surface area (Å²) in [5.74, 6) is 3.57. The number of benzene rings is 2. The molecule has 25 heavy (non-hydrogen) atoms. The Morgan fingerprint density at radius 3 is 2.12 bits per heavy atom. The molecule has 0 spiro atoms. The Morgan fingerprint density at radius 1 is 0.800 bits per heavy atom. The Bertz CT molecular complexity index is 828. The molecular formula is C20H20O5. The van der Waals surface area contributed by atoms with Gasteiger partial charge in [0.15, 0.2) is 23.0 Å². The molecule has 0 aromatic heterocycles. The SMILES string of the molecule is COc1cc(C2=Cc3cc4c(cc3CC2)OCO4)cc(OC)c1OC. The second-order valence-electron chi connectivity index (χ2n) is 5.99. The number of allylic oxidation sites excluding steroid dienone is 1. The molecule has 5 heteroatoms. The van der Waals surface area contributed by atoms with Crippen molar-refractivity contribution in [2.75, 3.05) is 28.1 Å². The Labute approximate surface area is 146 Å². The highest BCUT2D eigenvalue weighted by Gasteiger charge is 2.21. The van der Waals surface area contributed by atoms with Crippen molar-refractivity contribution < 1.29 is 23.7 Å². The highest BCUT2D eigenvalue weighted by atomic mass is 16.7. The lowest BCUT2D eigenvalue weighted by Crippen LogP contribution is -2.01. The van der Waals surface area contributed by atoms with Crippen molar-refractivity contribution in [2.24, 2.45) is 0 Å². The van der Waals surface area contributed by atoms with Crippen molar-refractivity contribution in [2.45, 2.75) is 12.8 Å². The van der Waals surface area contributed by atoms with Gasteiger partial charge in [-0.1, -0.05) is 6.08 Å². The van der Waals surface area contributed by atoms with Crippen LogP contribution in [0.3, 0.4) is 0 Å². The molecule has 0 amide bonds. The molecule has 2 aliphatic rings. The average molecular weight is 340 g/mol. The molecule has 1 aliphatic carbocycles. The van der Waals surface area contributed by atoms with Crippen molar-refractivity contribution in [1.82, 2.24) is 0 Å². The smallest absolute Gasteiger partial charge is 0.231 e. The minimum atomic E-state index is 0.293. The van der Waals surface area contributed by atoms with Crippen LogP contribution in [0.5, 0.6) is 28.7 Å². The van der Waals surface area contributed by atoms with E-state index in [-0.39, 0.29) is 0 Å². The normalized spacial score (nSPS) is 14.6. The van der Waals surface area contributed by atoms with Gasteiger partial charge in [0.05, 0.1) is 21.3 Å². The molecular weight excluding hydrogens is 320 g/mol. The molecule has 0 N–H and O–H groups in total. The van der Waals surface area contributed by atoms with Gasteiger partial charge in [0.1, 0.15) is 0 Å². The van der Waals surface area contributed by atoms with E-state index < -0.39 is 0 Å². The summed E-state index contributed by atoms with van der Waals surface area (Å²) in [4.78, 5) is 0. The average Bonchev–Trinajstić information content (AvgIpc) is 3.11. The molecule has 5 nitrogen and oxygen atoms in total. The van der Waals surface area contributed by atoms with Crippen molar-refractivity contribution in [3.05, 3.63) is 41.0 Å². The standard InChI is InChI=1S/C20H20O5/c1-21-18-9-15(10-19(22-2)20(18)23-3)12-4-5-13-7-16-17(25-11-24-16)8-14(13)6-12/h6-10H,4-5,11H2,1-3H3. The molecule has 0 bridgehead atoms. The van der Waals surface area contributed by atoms with Crippen LogP contribution in [0.4, 0.5) is 0 Å². The molecule has 1 heterocycles. The summed E-state index contributed by atoms with van der Waals surface area (Å²) in [5.41, 5.74) is 4.74. The van der Waals surface area contributed by atoms with Gasteiger partial charge in [-0.2, -0.15) is 0 Å². The number of fused-ring (bicyclic) bond motifs is 2. The van der Waals surface area contributed by atoms with E-state index in [9.17, 15) is 0 Å². The Kier molecular flexibility index (Phi) is 3.92. The summed E-state index contributed by atoms with van der Waals surface area (Å²) >= 11 is 0. The number of ether oxygens (including phenoxy) is 5. The molecule has 0 fully saturated rings. The van der Waals surface area contributed by atoms with E-state index in [1.54, 1.807) is 21.3 Å². The van der Waals surface area contributed by atoms with Gasteiger partial charge in [0.25, 0.3) is 0 Å². The van der Waals surface area contributed by atoms with E-state index >= 15 is 0 Å². The van der Waals surface area contributed by atoms with Gasteiger partial charge in [0.2, 0.25) is 12.5 Å². The molecule has 1 aliphatic heterocycles. The third-order valence-corrected chi connectivity index (χ3v) is 4.66. The quantitative estimate of drug-likeness (QED) is 0.844. The van der Waals surface area contributed by atoms with Crippen molar-refractivity contribution in [1.29, 1.82) is 0 Å². The van der Waals surface area contributed by atoms with Gasteiger partial charge < -0.3 is 23.7 Å². The topological polar surface area (TPSA) is 46.2 Å². The molecule has 2 aromatic rings. The summed E-state index contributed by atoms with van der Waals surface area (Å²) in [5, 5.41) is 0. The second-order valence-corrected chi connectivity index (χ2v) is 5.99. The van der Waals surface area contributed by atoms with Crippen LogP contribution >= 0.6 is 0 Å². The first-order chi connectivity index (χ1) is 12.2. The number of rotatable bonds is 4. The number of methoxy groups -OCH3 is 3. The summed E-state index contributed by atoms with van der Waals surface area (Å²) in [6.07, 6.45) is 4.08.